The van der Waals surface area contributed by atoms with Crippen molar-refractivity contribution in [1.82, 2.24) is 4.98 Å². The number of hydrogen-bond donors (Lipinski definition) is 4. The summed E-state index contributed by atoms with van der Waals surface area (Å²) < 4.78 is 0. The lowest BCUT2D eigenvalue weighted by atomic mass is 10.1. The van der Waals surface area contributed by atoms with Crippen LogP contribution in [0.25, 0.3) is 11.3 Å². The van der Waals surface area contributed by atoms with E-state index >= 15 is 0 Å². The molecule has 0 amide bonds. The van der Waals surface area contributed by atoms with E-state index in [4.69, 9.17) is 22.9 Å². The zero-order chi connectivity index (χ0) is 13.1. The third-order valence-corrected chi connectivity index (χ3v) is 3.08. The van der Waals surface area contributed by atoms with Gasteiger partial charge in [-0.05, 0) is 17.7 Å². The van der Waals surface area contributed by atoms with Gasteiger partial charge in [0.15, 0.2) is 5.96 Å². The highest BCUT2D eigenvalue weighted by molar-refractivity contribution is 7.13. The molecule has 0 bridgehead atoms. The van der Waals surface area contributed by atoms with Gasteiger partial charge in [0.25, 0.3) is 0 Å². The number of nitrogens with zero attached hydrogens (tertiary/aromatic N) is 2. The number of aromatic nitrogens is 1. The fourth-order valence-corrected chi connectivity index (χ4v) is 2.21. The third-order valence-electron chi connectivity index (χ3n) is 2.35. The molecule has 0 saturated heterocycles. The van der Waals surface area contributed by atoms with Crippen molar-refractivity contribution in [2.75, 3.05) is 5.73 Å². The van der Waals surface area contributed by atoms with E-state index in [1.165, 1.54) is 11.3 Å². The Balaban J connectivity index is 2.42. The summed E-state index contributed by atoms with van der Waals surface area (Å²) in [5.41, 5.74) is 25.4. The van der Waals surface area contributed by atoms with Crippen molar-refractivity contribution < 1.29 is 0 Å². The molecule has 1 aromatic heterocycles. The van der Waals surface area contributed by atoms with Crippen LogP contribution < -0.4 is 22.9 Å². The minimum Gasteiger partial charge on any atom is -0.398 e. The first-order chi connectivity index (χ1) is 8.60. The second-order valence-corrected chi connectivity index (χ2v) is 4.51. The smallest absolute Gasteiger partial charge is 0.212 e. The standard InChI is InChI=1S/C11H14N6S/c12-4-6-1-2-8(13)7(3-6)9-5-18-11(16-9)17-10(14)15/h1-3,5H,4,12-13H2,(H4,14,15,16,17). The summed E-state index contributed by atoms with van der Waals surface area (Å²) in [5.74, 6) is -0.0143. The van der Waals surface area contributed by atoms with E-state index in [1.807, 2.05) is 23.6 Å². The molecule has 18 heavy (non-hydrogen) atoms. The first kappa shape index (κ1) is 12.3. The van der Waals surface area contributed by atoms with Crippen LogP contribution in [0.4, 0.5) is 10.8 Å². The molecule has 0 atom stereocenters. The maximum Gasteiger partial charge on any atom is 0.212 e. The summed E-state index contributed by atoms with van der Waals surface area (Å²) in [5, 5.41) is 2.36. The van der Waals surface area contributed by atoms with Crippen molar-refractivity contribution in [1.29, 1.82) is 0 Å². The average molecular weight is 262 g/mol. The Morgan fingerprint density at radius 3 is 2.78 bits per heavy atom. The fraction of sp³-hybridized carbons (Fsp3) is 0.0909. The minimum absolute atomic E-state index is 0.0143. The lowest BCUT2D eigenvalue weighted by molar-refractivity contribution is 1.07. The summed E-state index contributed by atoms with van der Waals surface area (Å²) in [6, 6.07) is 5.63. The predicted molar refractivity (Wildman–Crippen MR) is 75.3 cm³/mol. The van der Waals surface area contributed by atoms with Gasteiger partial charge in [0.1, 0.15) is 0 Å². The van der Waals surface area contributed by atoms with E-state index in [9.17, 15) is 0 Å². The van der Waals surface area contributed by atoms with E-state index in [1.54, 1.807) is 0 Å². The first-order valence-electron chi connectivity index (χ1n) is 5.24. The Kier molecular flexibility index (Phi) is 3.45. The van der Waals surface area contributed by atoms with Crippen LogP contribution >= 0.6 is 11.3 Å². The van der Waals surface area contributed by atoms with Crippen molar-refractivity contribution in [3.05, 3.63) is 29.1 Å². The summed E-state index contributed by atoms with van der Waals surface area (Å²) >= 11 is 1.35. The number of hydrogen-bond acceptors (Lipinski definition) is 5. The molecule has 0 saturated carbocycles. The normalized spacial score (nSPS) is 10.3. The quantitative estimate of drug-likeness (QED) is 0.368. The Morgan fingerprint density at radius 2 is 2.11 bits per heavy atom. The van der Waals surface area contributed by atoms with E-state index in [-0.39, 0.29) is 5.96 Å². The summed E-state index contributed by atoms with van der Waals surface area (Å²) in [6.07, 6.45) is 0. The van der Waals surface area contributed by atoms with Gasteiger partial charge in [-0.25, -0.2) is 4.98 Å². The highest BCUT2D eigenvalue weighted by atomic mass is 32.1. The molecule has 2 aromatic rings. The molecule has 0 aliphatic heterocycles. The van der Waals surface area contributed by atoms with Gasteiger partial charge in [-0.3, -0.25) is 0 Å². The second-order valence-electron chi connectivity index (χ2n) is 3.68. The zero-order valence-corrected chi connectivity index (χ0v) is 10.4. The molecule has 2 rings (SSSR count). The van der Waals surface area contributed by atoms with Crippen molar-refractivity contribution in [3.8, 4) is 11.3 Å². The average Bonchev–Trinajstić information content (AvgIpc) is 2.77. The SMILES string of the molecule is NCc1ccc(N)c(-c2csc(N=C(N)N)n2)c1. The van der Waals surface area contributed by atoms with Crippen LogP contribution in [0.3, 0.4) is 0 Å². The molecule has 0 fully saturated rings. The van der Waals surface area contributed by atoms with Gasteiger partial charge in [0, 0.05) is 23.2 Å². The van der Waals surface area contributed by atoms with E-state index in [2.05, 4.69) is 9.98 Å². The molecular weight excluding hydrogens is 248 g/mol. The molecule has 1 aromatic carbocycles. The van der Waals surface area contributed by atoms with E-state index < -0.39 is 0 Å². The highest BCUT2D eigenvalue weighted by Gasteiger charge is 2.08. The van der Waals surface area contributed by atoms with Gasteiger partial charge in [-0.1, -0.05) is 6.07 Å². The number of nitrogen functional groups attached to an aromatic ring is 1. The second kappa shape index (κ2) is 5.03. The number of rotatable bonds is 3. The molecule has 7 heteroatoms. The lowest BCUT2D eigenvalue weighted by Crippen LogP contribution is -2.21. The van der Waals surface area contributed by atoms with Crippen molar-refractivity contribution in [2.45, 2.75) is 6.54 Å². The zero-order valence-electron chi connectivity index (χ0n) is 9.63. The van der Waals surface area contributed by atoms with Gasteiger partial charge in [-0.2, -0.15) is 4.99 Å². The maximum atomic E-state index is 5.93. The Bertz CT molecular complexity index is 585. The fourth-order valence-electron chi connectivity index (χ4n) is 1.50. The molecule has 6 nitrogen and oxygen atoms in total. The van der Waals surface area contributed by atoms with E-state index in [0.717, 1.165) is 16.8 Å². The predicted octanol–water partition coefficient (Wildman–Crippen LogP) is 0.756. The number of guanidine groups is 1. The molecule has 1 heterocycles. The minimum atomic E-state index is -0.0143. The van der Waals surface area contributed by atoms with Gasteiger partial charge in [-0.15, -0.1) is 11.3 Å². The van der Waals surface area contributed by atoms with Crippen molar-refractivity contribution in [2.24, 2.45) is 22.2 Å². The van der Waals surface area contributed by atoms with Gasteiger partial charge >= 0.3 is 0 Å². The number of anilines is 1. The van der Waals surface area contributed by atoms with Crippen LogP contribution in [0.2, 0.25) is 0 Å². The topological polar surface area (TPSA) is 129 Å². The molecule has 0 unspecified atom stereocenters. The summed E-state index contributed by atoms with van der Waals surface area (Å²) in [4.78, 5) is 8.20. The van der Waals surface area contributed by atoms with Crippen molar-refractivity contribution >= 4 is 28.1 Å². The molecule has 8 N–H and O–H groups in total. The van der Waals surface area contributed by atoms with Crippen LogP contribution in [-0.2, 0) is 6.54 Å². The summed E-state index contributed by atoms with van der Waals surface area (Å²) in [6.45, 7) is 0.457. The Labute approximate surface area is 108 Å². The van der Waals surface area contributed by atoms with Crippen LogP contribution in [-0.4, -0.2) is 10.9 Å². The number of nitrogens with two attached hydrogens (primary N) is 4. The maximum absolute atomic E-state index is 5.93. The molecular formula is C11H14N6S. The van der Waals surface area contributed by atoms with Gasteiger partial charge in [0.05, 0.1) is 5.69 Å². The third kappa shape index (κ3) is 2.58. The molecule has 94 valence electrons. The molecule has 0 aliphatic carbocycles. The molecule has 0 radical (unpaired) electrons. The largest absolute Gasteiger partial charge is 0.398 e. The monoisotopic (exact) mass is 262 g/mol. The number of thiazole rings is 1. The van der Waals surface area contributed by atoms with E-state index in [0.29, 0.717) is 17.4 Å². The molecule has 0 spiro atoms. The lowest BCUT2D eigenvalue weighted by Gasteiger charge is -2.04. The van der Waals surface area contributed by atoms with Crippen LogP contribution in [0, 0.1) is 0 Å². The molecule has 0 aliphatic rings. The first-order valence-corrected chi connectivity index (χ1v) is 6.12. The van der Waals surface area contributed by atoms with Gasteiger partial charge < -0.3 is 22.9 Å². The summed E-state index contributed by atoms with van der Waals surface area (Å²) in [7, 11) is 0. The highest BCUT2D eigenvalue weighted by Crippen LogP contribution is 2.30. The van der Waals surface area contributed by atoms with Crippen LogP contribution in [0.5, 0.6) is 0 Å². The van der Waals surface area contributed by atoms with Crippen molar-refractivity contribution in [3.63, 3.8) is 0 Å². The van der Waals surface area contributed by atoms with Gasteiger partial charge in [0.2, 0.25) is 5.13 Å². The Hall–Kier alpha value is -2.12. The van der Waals surface area contributed by atoms with Crippen LogP contribution in [0.15, 0.2) is 28.6 Å². The number of benzene rings is 1. The number of aliphatic imine (C=N–C) groups is 1. The Morgan fingerprint density at radius 1 is 1.33 bits per heavy atom. The van der Waals surface area contributed by atoms with Crippen LogP contribution in [0.1, 0.15) is 5.56 Å².